The van der Waals surface area contributed by atoms with E-state index in [0.29, 0.717) is 0 Å². The molecule has 29 heavy (non-hydrogen) atoms. The summed E-state index contributed by atoms with van der Waals surface area (Å²) in [4.78, 5) is 24.1. The largest absolute Gasteiger partial charge is 0.464 e. The summed E-state index contributed by atoms with van der Waals surface area (Å²) >= 11 is 0. The van der Waals surface area contributed by atoms with Gasteiger partial charge in [-0.05, 0) is 43.7 Å². The summed E-state index contributed by atoms with van der Waals surface area (Å²) in [6.45, 7) is 4.60. The molecule has 2 N–H and O–H groups in total. The molecule has 0 saturated heterocycles. The van der Waals surface area contributed by atoms with Gasteiger partial charge in [0.1, 0.15) is 11.9 Å². The first kappa shape index (κ1) is 22.5. The number of carbonyl (C=O) groups excluding carboxylic acids is 2. The SMILES string of the molecule is CCOC(=O)[C@@H](NC(C)=O)[C@@H](NS(=O)(=O)c1ccc(C)cc1)c1cccc(F)c1. The van der Waals surface area contributed by atoms with Gasteiger partial charge >= 0.3 is 5.97 Å². The summed E-state index contributed by atoms with van der Waals surface area (Å²) < 4.78 is 47.0. The smallest absolute Gasteiger partial charge is 0.330 e. The Morgan fingerprint density at radius 1 is 1.14 bits per heavy atom. The zero-order valence-corrected chi connectivity index (χ0v) is 17.1. The number of benzene rings is 2. The van der Waals surface area contributed by atoms with Crippen LogP contribution in [0.1, 0.15) is 31.0 Å². The van der Waals surface area contributed by atoms with E-state index >= 15 is 0 Å². The van der Waals surface area contributed by atoms with E-state index in [-0.39, 0.29) is 17.1 Å². The first-order valence-corrected chi connectivity index (χ1v) is 10.4. The molecule has 0 radical (unpaired) electrons. The van der Waals surface area contributed by atoms with Gasteiger partial charge in [0.25, 0.3) is 0 Å². The maximum absolute atomic E-state index is 13.8. The summed E-state index contributed by atoms with van der Waals surface area (Å²) in [6.07, 6.45) is 0. The van der Waals surface area contributed by atoms with Crippen LogP contribution in [0.4, 0.5) is 4.39 Å². The van der Waals surface area contributed by atoms with Gasteiger partial charge in [-0.3, -0.25) is 4.79 Å². The van der Waals surface area contributed by atoms with Gasteiger partial charge in [0, 0.05) is 6.92 Å². The van der Waals surface area contributed by atoms with E-state index in [9.17, 15) is 22.4 Å². The minimum Gasteiger partial charge on any atom is -0.464 e. The van der Waals surface area contributed by atoms with Crippen LogP contribution in [0, 0.1) is 12.7 Å². The maximum atomic E-state index is 13.8. The zero-order valence-electron chi connectivity index (χ0n) is 16.3. The molecule has 156 valence electrons. The lowest BCUT2D eigenvalue weighted by molar-refractivity contribution is -0.148. The van der Waals surface area contributed by atoms with Crippen LogP contribution in [-0.4, -0.2) is 32.9 Å². The number of aryl methyl sites for hydroxylation is 1. The van der Waals surface area contributed by atoms with Crippen LogP contribution in [0.25, 0.3) is 0 Å². The number of hydrogen-bond donors (Lipinski definition) is 2. The molecule has 0 unspecified atom stereocenters. The Morgan fingerprint density at radius 3 is 2.34 bits per heavy atom. The van der Waals surface area contributed by atoms with Crippen molar-refractivity contribution in [2.75, 3.05) is 6.61 Å². The van der Waals surface area contributed by atoms with Gasteiger partial charge in [0.15, 0.2) is 0 Å². The Kier molecular flexibility index (Phi) is 7.46. The third-order valence-electron chi connectivity index (χ3n) is 4.05. The third kappa shape index (κ3) is 6.10. The van der Waals surface area contributed by atoms with Gasteiger partial charge < -0.3 is 10.1 Å². The molecule has 2 atom stereocenters. The van der Waals surface area contributed by atoms with Crippen molar-refractivity contribution in [2.24, 2.45) is 0 Å². The predicted molar refractivity (Wildman–Crippen MR) is 105 cm³/mol. The van der Waals surface area contributed by atoms with Gasteiger partial charge in [-0.1, -0.05) is 29.8 Å². The minimum atomic E-state index is -4.10. The van der Waals surface area contributed by atoms with E-state index in [1.165, 1.54) is 37.3 Å². The van der Waals surface area contributed by atoms with Crippen LogP contribution in [0.5, 0.6) is 0 Å². The molecule has 0 aliphatic carbocycles. The number of halogens is 1. The highest BCUT2D eigenvalue weighted by molar-refractivity contribution is 7.89. The van der Waals surface area contributed by atoms with Gasteiger partial charge in [-0.25, -0.2) is 22.3 Å². The Morgan fingerprint density at radius 2 is 1.79 bits per heavy atom. The van der Waals surface area contributed by atoms with Crippen molar-refractivity contribution < 1.29 is 27.1 Å². The molecule has 0 fully saturated rings. The second-order valence-electron chi connectivity index (χ2n) is 6.40. The molecule has 1 amide bonds. The predicted octanol–water partition coefficient (Wildman–Crippen LogP) is 2.22. The van der Waals surface area contributed by atoms with Crippen molar-refractivity contribution in [1.82, 2.24) is 10.0 Å². The maximum Gasteiger partial charge on any atom is 0.330 e. The number of hydrogen-bond acceptors (Lipinski definition) is 5. The third-order valence-corrected chi connectivity index (χ3v) is 5.51. The molecule has 0 bridgehead atoms. The Hall–Kier alpha value is -2.78. The number of rotatable bonds is 8. The molecule has 7 nitrogen and oxygen atoms in total. The molecule has 0 saturated carbocycles. The molecule has 0 heterocycles. The van der Waals surface area contributed by atoms with Crippen LogP contribution in [-0.2, 0) is 24.3 Å². The Labute approximate surface area is 169 Å². The number of carbonyl (C=O) groups is 2. The number of ether oxygens (including phenoxy) is 1. The molecule has 9 heteroatoms. The number of nitrogens with one attached hydrogen (secondary N) is 2. The molecule has 0 aromatic heterocycles. The van der Waals surface area contributed by atoms with E-state index in [1.807, 2.05) is 6.92 Å². The molecule has 2 aromatic rings. The molecule has 0 spiro atoms. The van der Waals surface area contributed by atoms with Crippen molar-refractivity contribution in [3.8, 4) is 0 Å². The van der Waals surface area contributed by atoms with Crippen molar-refractivity contribution in [1.29, 1.82) is 0 Å². The average Bonchev–Trinajstić information content (AvgIpc) is 2.65. The fourth-order valence-electron chi connectivity index (χ4n) is 2.71. The van der Waals surface area contributed by atoms with E-state index in [2.05, 4.69) is 10.0 Å². The van der Waals surface area contributed by atoms with Crippen LogP contribution >= 0.6 is 0 Å². The summed E-state index contributed by atoms with van der Waals surface area (Å²) in [6, 6.07) is 8.52. The Bertz CT molecular complexity index is 977. The number of esters is 1. The first-order chi connectivity index (χ1) is 13.6. The first-order valence-electron chi connectivity index (χ1n) is 8.92. The van der Waals surface area contributed by atoms with Crippen molar-refractivity contribution >= 4 is 21.9 Å². The number of amides is 1. The zero-order chi connectivity index (χ0) is 21.6. The van der Waals surface area contributed by atoms with Crippen molar-refractivity contribution in [3.63, 3.8) is 0 Å². The second kappa shape index (κ2) is 9.62. The van der Waals surface area contributed by atoms with Crippen molar-refractivity contribution in [2.45, 2.75) is 37.8 Å². The van der Waals surface area contributed by atoms with Gasteiger partial charge in [-0.2, -0.15) is 0 Å². The van der Waals surface area contributed by atoms with Crippen LogP contribution < -0.4 is 10.0 Å². The highest BCUT2D eigenvalue weighted by Gasteiger charge is 2.35. The lowest BCUT2D eigenvalue weighted by atomic mass is 10.00. The lowest BCUT2D eigenvalue weighted by Crippen LogP contribution is -2.50. The normalized spacial score (nSPS) is 13.4. The van der Waals surface area contributed by atoms with Gasteiger partial charge in [0.2, 0.25) is 15.9 Å². The molecule has 2 rings (SSSR count). The summed E-state index contributed by atoms with van der Waals surface area (Å²) in [5, 5.41) is 2.40. The Balaban J connectivity index is 2.52. The van der Waals surface area contributed by atoms with Crippen LogP contribution in [0.15, 0.2) is 53.4 Å². The molecular weight excluding hydrogens is 399 g/mol. The summed E-state index contributed by atoms with van der Waals surface area (Å²) in [7, 11) is -4.10. The van der Waals surface area contributed by atoms with E-state index in [4.69, 9.17) is 4.74 Å². The van der Waals surface area contributed by atoms with Crippen molar-refractivity contribution in [3.05, 3.63) is 65.5 Å². The minimum absolute atomic E-state index is 0.0233. The van der Waals surface area contributed by atoms with E-state index in [1.54, 1.807) is 19.1 Å². The lowest BCUT2D eigenvalue weighted by Gasteiger charge is -2.27. The van der Waals surface area contributed by atoms with Crippen LogP contribution in [0.3, 0.4) is 0 Å². The molecule has 0 aliphatic rings. The fourth-order valence-corrected chi connectivity index (χ4v) is 3.95. The van der Waals surface area contributed by atoms with Gasteiger partial charge in [0.05, 0.1) is 17.5 Å². The summed E-state index contributed by atoms with van der Waals surface area (Å²) in [5.41, 5.74) is 1.03. The highest BCUT2D eigenvalue weighted by Crippen LogP contribution is 2.23. The summed E-state index contributed by atoms with van der Waals surface area (Å²) in [5.74, 6) is -2.03. The molecule has 2 aromatic carbocycles. The van der Waals surface area contributed by atoms with Gasteiger partial charge in [-0.15, -0.1) is 0 Å². The van der Waals surface area contributed by atoms with Crippen LogP contribution in [0.2, 0.25) is 0 Å². The van der Waals surface area contributed by atoms with E-state index in [0.717, 1.165) is 11.6 Å². The standard InChI is InChI=1S/C20H23FN2O5S/c1-4-28-20(25)19(22-14(3)24)18(15-6-5-7-16(21)12-15)23-29(26,27)17-10-8-13(2)9-11-17/h5-12,18-19,23H,4H2,1-3H3,(H,22,24)/t18-,19-/m0/s1. The van der Waals surface area contributed by atoms with E-state index < -0.39 is 39.8 Å². The fraction of sp³-hybridized carbons (Fsp3) is 0.300. The average molecular weight is 422 g/mol. The second-order valence-corrected chi connectivity index (χ2v) is 8.11. The number of sulfonamides is 1. The highest BCUT2D eigenvalue weighted by atomic mass is 32.2. The topological polar surface area (TPSA) is 102 Å². The monoisotopic (exact) mass is 422 g/mol. The molecular formula is C20H23FN2O5S. The molecule has 0 aliphatic heterocycles. The quantitative estimate of drug-likeness (QED) is 0.635.